The molecule has 3 rings (SSSR count). The molecule has 0 aromatic heterocycles. The lowest BCUT2D eigenvalue weighted by molar-refractivity contribution is -0.146. The van der Waals surface area contributed by atoms with Gasteiger partial charge < -0.3 is 14.5 Å². The van der Waals surface area contributed by atoms with E-state index in [4.69, 9.17) is 9.57 Å². The molecule has 6 heteroatoms. The number of morpholine rings is 1. The van der Waals surface area contributed by atoms with Crippen LogP contribution < -0.4 is 0 Å². The molecule has 0 unspecified atom stereocenters. The number of carbonyl (C=O) groups excluding carboxylic acids is 1. The number of benzene rings is 1. The summed E-state index contributed by atoms with van der Waals surface area (Å²) in [6.07, 6.45) is 0.0224. The van der Waals surface area contributed by atoms with Gasteiger partial charge in [0.2, 0.25) is 6.10 Å². The molecule has 1 aromatic rings. The zero-order chi connectivity index (χ0) is 13.9. The minimum atomic E-state index is -0.498. The summed E-state index contributed by atoms with van der Waals surface area (Å²) in [6, 6.07) is 7.84. The molecule has 1 fully saturated rings. The molecular formula is C14H15BrN2O3. The molecule has 0 bridgehead atoms. The van der Waals surface area contributed by atoms with E-state index >= 15 is 0 Å². The van der Waals surface area contributed by atoms with Crippen molar-refractivity contribution in [2.45, 2.75) is 12.5 Å². The third-order valence-electron chi connectivity index (χ3n) is 3.42. The summed E-state index contributed by atoms with van der Waals surface area (Å²) < 4.78 is 6.23. The fourth-order valence-electron chi connectivity index (χ4n) is 2.34. The lowest BCUT2D eigenvalue weighted by Crippen LogP contribution is -2.45. The second-order valence-corrected chi connectivity index (χ2v) is 5.70. The van der Waals surface area contributed by atoms with Crippen LogP contribution in [0.1, 0.15) is 12.0 Å². The maximum atomic E-state index is 12.3. The Kier molecular flexibility index (Phi) is 4.03. The average molecular weight is 339 g/mol. The highest BCUT2D eigenvalue weighted by molar-refractivity contribution is 9.10. The monoisotopic (exact) mass is 338 g/mol. The van der Waals surface area contributed by atoms with E-state index in [0.717, 1.165) is 15.7 Å². The third-order valence-corrected chi connectivity index (χ3v) is 3.92. The normalized spacial score (nSPS) is 22.4. The van der Waals surface area contributed by atoms with E-state index in [2.05, 4.69) is 21.1 Å². The summed E-state index contributed by atoms with van der Waals surface area (Å²) in [4.78, 5) is 19.4. The van der Waals surface area contributed by atoms with Crippen molar-refractivity contribution in [1.29, 1.82) is 0 Å². The number of rotatable bonds is 2. The van der Waals surface area contributed by atoms with Crippen molar-refractivity contribution < 1.29 is 14.4 Å². The summed E-state index contributed by atoms with van der Waals surface area (Å²) in [6.45, 7) is 2.45. The van der Waals surface area contributed by atoms with Crippen LogP contribution in [-0.2, 0) is 14.4 Å². The Bertz CT molecular complexity index is 541. The van der Waals surface area contributed by atoms with Crippen molar-refractivity contribution in [3.05, 3.63) is 34.3 Å². The molecule has 20 heavy (non-hydrogen) atoms. The van der Waals surface area contributed by atoms with E-state index in [1.165, 1.54) is 0 Å². The molecule has 1 atom stereocenters. The van der Waals surface area contributed by atoms with Gasteiger partial charge in [0.25, 0.3) is 5.91 Å². The molecule has 5 nitrogen and oxygen atoms in total. The Morgan fingerprint density at radius 1 is 1.35 bits per heavy atom. The molecule has 2 heterocycles. The Balaban J connectivity index is 1.65. The van der Waals surface area contributed by atoms with Crippen LogP contribution in [-0.4, -0.2) is 48.9 Å². The predicted molar refractivity (Wildman–Crippen MR) is 77.6 cm³/mol. The third kappa shape index (κ3) is 2.86. The molecule has 2 aliphatic rings. The Hall–Kier alpha value is -1.40. The van der Waals surface area contributed by atoms with Gasteiger partial charge in [-0.05, 0) is 12.1 Å². The van der Waals surface area contributed by atoms with Gasteiger partial charge in [-0.1, -0.05) is 33.2 Å². The molecular weight excluding hydrogens is 324 g/mol. The fraction of sp³-hybridized carbons (Fsp3) is 0.429. The zero-order valence-electron chi connectivity index (χ0n) is 10.9. The van der Waals surface area contributed by atoms with Crippen LogP contribution in [0.4, 0.5) is 0 Å². The van der Waals surface area contributed by atoms with Crippen molar-refractivity contribution in [1.82, 2.24) is 4.90 Å². The van der Waals surface area contributed by atoms with Gasteiger partial charge in [-0.25, -0.2) is 0 Å². The predicted octanol–water partition coefficient (Wildman–Crippen LogP) is 1.80. The molecule has 0 radical (unpaired) electrons. The Labute approximate surface area is 125 Å². The molecule has 0 spiro atoms. The summed E-state index contributed by atoms with van der Waals surface area (Å²) in [5.41, 5.74) is 1.80. The van der Waals surface area contributed by atoms with Crippen molar-refractivity contribution >= 4 is 27.5 Å². The number of nitrogens with zero attached hydrogens (tertiary/aromatic N) is 2. The quantitative estimate of drug-likeness (QED) is 0.826. The van der Waals surface area contributed by atoms with Gasteiger partial charge in [-0.3, -0.25) is 4.79 Å². The number of hydrogen-bond acceptors (Lipinski definition) is 4. The van der Waals surface area contributed by atoms with Gasteiger partial charge in [0.05, 0.1) is 18.9 Å². The van der Waals surface area contributed by atoms with Crippen LogP contribution in [0.2, 0.25) is 0 Å². The van der Waals surface area contributed by atoms with Crippen LogP contribution in [0.15, 0.2) is 33.9 Å². The first-order valence-corrected chi connectivity index (χ1v) is 7.38. The molecule has 0 saturated carbocycles. The first-order chi connectivity index (χ1) is 9.74. The van der Waals surface area contributed by atoms with E-state index in [1.54, 1.807) is 4.90 Å². The first-order valence-electron chi connectivity index (χ1n) is 6.59. The fourth-order valence-corrected chi connectivity index (χ4v) is 2.73. The van der Waals surface area contributed by atoms with Crippen LogP contribution in [0, 0.1) is 0 Å². The van der Waals surface area contributed by atoms with Crippen LogP contribution >= 0.6 is 15.9 Å². The SMILES string of the molecule is O=C([C@H]1CC(c2cccc(Br)c2)=NO1)N1CCOCC1. The maximum Gasteiger partial charge on any atom is 0.267 e. The molecule has 0 N–H and O–H groups in total. The van der Waals surface area contributed by atoms with Gasteiger partial charge in [-0.15, -0.1) is 0 Å². The molecule has 0 aliphatic carbocycles. The van der Waals surface area contributed by atoms with Crippen molar-refractivity contribution in [2.75, 3.05) is 26.3 Å². The standard InChI is InChI=1S/C14H15BrN2O3/c15-11-3-1-2-10(8-11)12-9-13(20-16-12)14(18)17-4-6-19-7-5-17/h1-3,8,13H,4-7,9H2/t13-/m1/s1. The highest BCUT2D eigenvalue weighted by Crippen LogP contribution is 2.21. The number of halogens is 1. The Morgan fingerprint density at radius 3 is 2.90 bits per heavy atom. The largest absolute Gasteiger partial charge is 0.382 e. The van der Waals surface area contributed by atoms with Gasteiger partial charge in [0.15, 0.2) is 0 Å². The van der Waals surface area contributed by atoms with Gasteiger partial charge in [0.1, 0.15) is 0 Å². The first kappa shape index (κ1) is 13.6. The highest BCUT2D eigenvalue weighted by Gasteiger charge is 2.32. The Morgan fingerprint density at radius 2 is 2.15 bits per heavy atom. The zero-order valence-corrected chi connectivity index (χ0v) is 12.5. The minimum absolute atomic E-state index is 0.00190. The number of ether oxygens (including phenoxy) is 1. The van der Waals surface area contributed by atoms with Crippen molar-refractivity contribution in [3.63, 3.8) is 0 Å². The van der Waals surface area contributed by atoms with E-state index < -0.39 is 6.10 Å². The maximum absolute atomic E-state index is 12.3. The summed E-state index contributed by atoms with van der Waals surface area (Å²) in [5.74, 6) is 0.00190. The van der Waals surface area contributed by atoms with Gasteiger partial charge >= 0.3 is 0 Å². The second-order valence-electron chi connectivity index (χ2n) is 4.78. The summed E-state index contributed by atoms with van der Waals surface area (Å²) in [5, 5.41) is 4.06. The highest BCUT2D eigenvalue weighted by atomic mass is 79.9. The second kappa shape index (κ2) is 5.93. The molecule has 1 aromatic carbocycles. The molecule has 1 amide bonds. The van der Waals surface area contributed by atoms with E-state index in [1.807, 2.05) is 24.3 Å². The number of amides is 1. The van der Waals surface area contributed by atoms with Crippen molar-refractivity contribution in [2.24, 2.45) is 5.16 Å². The lowest BCUT2D eigenvalue weighted by atomic mass is 10.0. The average Bonchev–Trinajstić information content (AvgIpc) is 2.97. The lowest BCUT2D eigenvalue weighted by Gasteiger charge is -2.28. The van der Waals surface area contributed by atoms with E-state index in [0.29, 0.717) is 32.7 Å². The van der Waals surface area contributed by atoms with Crippen LogP contribution in [0.3, 0.4) is 0 Å². The summed E-state index contributed by atoms with van der Waals surface area (Å²) >= 11 is 3.43. The van der Waals surface area contributed by atoms with Crippen LogP contribution in [0.5, 0.6) is 0 Å². The van der Waals surface area contributed by atoms with Crippen molar-refractivity contribution in [3.8, 4) is 0 Å². The minimum Gasteiger partial charge on any atom is -0.382 e. The van der Waals surface area contributed by atoms with E-state index in [9.17, 15) is 4.79 Å². The smallest absolute Gasteiger partial charge is 0.267 e. The topological polar surface area (TPSA) is 51.1 Å². The molecule has 106 valence electrons. The van der Waals surface area contributed by atoms with Gasteiger partial charge in [0, 0.05) is 29.5 Å². The van der Waals surface area contributed by atoms with Crippen LogP contribution in [0.25, 0.3) is 0 Å². The number of oxime groups is 1. The number of hydrogen-bond donors (Lipinski definition) is 0. The van der Waals surface area contributed by atoms with Gasteiger partial charge in [-0.2, -0.15) is 0 Å². The molecule has 1 saturated heterocycles. The summed E-state index contributed by atoms with van der Waals surface area (Å²) in [7, 11) is 0. The molecule has 2 aliphatic heterocycles. The number of carbonyl (C=O) groups is 1. The van der Waals surface area contributed by atoms with E-state index in [-0.39, 0.29) is 5.91 Å².